The molecule has 0 saturated carbocycles. The molecule has 0 aliphatic carbocycles. The van der Waals surface area contributed by atoms with Crippen molar-refractivity contribution in [2.45, 2.75) is 43.9 Å². The second kappa shape index (κ2) is 5.36. The van der Waals surface area contributed by atoms with E-state index in [4.69, 9.17) is 4.52 Å². The summed E-state index contributed by atoms with van der Waals surface area (Å²) in [4.78, 5) is 4.24. The Morgan fingerprint density at radius 2 is 2.33 bits per heavy atom. The minimum absolute atomic E-state index is 0.269. The number of aromatic nitrogens is 2. The molecule has 1 saturated heterocycles. The summed E-state index contributed by atoms with van der Waals surface area (Å²) in [5, 5.41) is 6.62. The summed E-state index contributed by atoms with van der Waals surface area (Å²) >= 11 is 0. The lowest BCUT2D eigenvalue weighted by molar-refractivity contribution is 0.368. The molecule has 6 nitrogen and oxygen atoms in total. The molecule has 1 fully saturated rings. The van der Waals surface area contributed by atoms with Gasteiger partial charge in [0.25, 0.3) is 0 Å². The third-order valence-corrected chi connectivity index (χ3v) is 5.63. The van der Waals surface area contributed by atoms with Gasteiger partial charge >= 0.3 is 0 Å². The number of hydrogen-bond donors (Lipinski definition) is 1. The lowest BCUT2D eigenvalue weighted by Gasteiger charge is -2.05. The van der Waals surface area contributed by atoms with Crippen LogP contribution in [0, 0.1) is 0 Å². The maximum atomic E-state index is 11.7. The maximum Gasteiger partial charge on any atom is 0.227 e. The van der Waals surface area contributed by atoms with Crippen molar-refractivity contribution in [3.8, 4) is 0 Å². The van der Waals surface area contributed by atoms with Crippen molar-refractivity contribution in [3.05, 3.63) is 11.7 Å². The Balaban J connectivity index is 1.98. The van der Waals surface area contributed by atoms with E-state index in [-0.39, 0.29) is 17.0 Å². The van der Waals surface area contributed by atoms with Gasteiger partial charge in [-0.3, -0.25) is 0 Å². The van der Waals surface area contributed by atoms with Gasteiger partial charge < -0.3 is 9.84 Å². The van der Waals surface area contributed by atoms with E-state index < -0.39 is 9.84 Å². The molecule has 1 aromatic heterocycles. The lowest BCUT2D eigenvalue weighted by Crippen LogP contribution is -2.24. The van der Waals surface area contributed by atoms with Gasteiger partial charge in [0.1, 0.15) is 0 Å². The largest absolute Gasteiger partial charge is 0.339 e. The van der Waals surface area contributed by atoms with Gasteiger partial charge in [0, 0.05) is 18.9 Å². The number of nitrogens with zero attached hydrogens (tertiary/aromatic N) is 2. The first-order valence-corrected chi connectivity index (χ1v) is 7.93. The number of sulfone groups is 1. The lowest BCUT2D eigenvalue weighted by atomic mass is 10.2. The van der Waals surface area contributed by atoms with Crippen LogP contribution in [0.4, 0.5) is 0 Å². The Morgan fingerprint density at radius 1 is 1.56 bits per heavy atom. The van der Waals surface area contributed by atoms with Crippen LogP contribution < -0.4 is 5.32 Å². The standard InChI is InChI=1S/C11H19N3O3S/c1-8(12-2)6-10-13-11(17-14-10)7-9-4-3-5-18(9,15)16/h8-9,12H,3-7H2,1-2H3. The van der Waals surface area contributed by atoms with Crippen LogP contribution in [0.25, 0.3) is 0 Å². The van der Waals surface area contributed by atoms with Gasteiger partial charge in [-0.05, 0) is 26.8 Å². The number of nitrogens with one attached hydrogen (secondary N) is 1. The van der Waals surface area contributed by atoms with Gasteiger partial charge in [-0.1, -0.05) is 5.16 Å². The predicted octanol–water partition coefficient (Wildman–Crippen LogP) is 0.340. The van der Waals surface area contributed by atoms with E-state index in [1.165, 1.54) is 0 Å². The highest BCUT2D eigenvalue weighted by atomic mass is 32.2. The normalized spacial score (nSPS) is 24.2. The van der Waals surface area contributed by atoms with E-state index in [0.717, 1.165) is 6.42 Å². The van der Waals surface area contributed by atoms with Crippen LogP contribution in [0.3, 0.4) is 0 Å². The number of rotatable bonds is 5. The summed E-state index contributed by atoms with van der Waals surface area (Å²) < 4.78 is 28.5. The average Bonchev–Trinajstić information content (AvgIpc) is 2.87. The summed E-state index contributed by atoms with van der Waals surface area (Å²) in [6.07, 6.45) is 2.47. The number of hydrogen-bond acceptors (Lipinski definition) is 6. The molecule has 1 aromatic rings. The van der Waals surface area contributed by atoms with Crippen LogP contribution in [0.2, 0.25) is 0 Å². The molecule has 2 unspecified atom stereocenters. The molecular formula is C11H19N3O3S. The summed E-state index contributed by atoms with van der Waals surface area (Å²) in [5.41, 5.74) is 0. The molecule has 0 bridgehead atoms. The molecule has 1 aliphatic rings. The molecule has 1 N–H and O–H groups in total. The van der Waals surface area contributed by atoms with Crippen LogP contribution in [0.5, 0.6) is 0 Å². The fourth-order valence-electron chi connectivity index (χ4n) is 2.11. The van der Waals surface area contributed by atoms with E-state index in [0.29, 0.717) is 31.0 Å². The Morgan fingerprint density at radius 3 is 2.94 bits per heavy atom. The quantitative estimate of drug-likeness (QED) is 0.832. The van der Waals surface area contributed by atoms with Crippen molar-refractivity contribution < 1.29 is 12.9 Å². The zero-order chi connectivity index (χ0) is 13.2. The second-order valence-corrected chi connectivity index (χ2v) is 7.23. The minimum Gasteiger partial charge on any atom is -0.339 e. The molecule has 18 heavy (non-hydrogen) atoms. The van der Waals surface area contributed by atoms with E-state index in [9.17, 15) is 8.42 Å². The van der Waals surface area contributed by atoms with Crippen LogP contribution in [0.1, 0.15) is 31.5 Å². The van der Waals surface area contributed by atoms with Gasteiger partial charge in [-0.15, -0.1) is 0 Å². The van der Waals surface area contributed by atoms with Gasteiger partial charge in [0.15, 0.2) is 15.7 Å². The molecule has 0 amide bonds. The first kappa shape index (κ1) is 13.5. The first-order valence-electron chi connectivity index (χ1n) is 6.21. The molecule has 102 valence electrons. The van der Waals surface area contributed by atoms with E-state index >= 15 is 0 Å². The van der Waals surface area contributed by atoms with E-state index in [1.807, 2.05) is 14.0 Å². The predicted molar refractivity (Wildman–Crippen MR) is 67.0 cm³/mol. The molecule has 0 spiro atoms. The van der Waals surface area contributed by atoms with Crippen molar-refractivity contribution >= 4 is 9.84 Å². The summed E-state index contributed by atoms with van der Waals surface area (Å²) in [6, 6.07) is 0.269. The van der Waals surface area contributed by atoms with Gasteiger partial charge in [-0.25, -0.2) is 8.42 Å². The Bertz CT molecular complexity index is 497. The highest BCUT2D eigenvalue weighted by Crippen LogP contribution is 2.23. The van der Waals surface area contributed by atoms with Crippen LogP contribution in [-0.2, 0) is 22.7 Å². The smallest absolute Gasteiger partial charge is 0.227 e. The summed E-state index contributed by atoms with van der Waals surface area (Å²) in [7, 11) is -1.07. The van der Waals surface area contributed by atoms with Crippen LogP contribution in [-0.4, -0.2) is 42.7 Å². The van der Waals surface area contributed by atoms with Crippen molar-refractivity contribution in [3.63, 3.8) is 0 Å². The topological polar surface area (TPSA) is 85.1 Å². The minimum atomic E-state index is -2.94. The zero-order valence-corrected chi connectivity index (χ0v) is 11.5. The van der Waals surface area contributed by atoms with E-state index in [1.54, 1.807) is 0 Å². The van der Waals surface area contributed by atoms with Crippen molar-refractivity contribution in [2.75, 3.05) is 12.8 Å². The van der Waals surface area contributed by atoms with Crippen LogP contribution in [0.15, 0.2) is 4.52 Å². The summed E-state index contributed by atoms with van der Waals surface area (Å²) in [5.74, 6) is 1.35. The molecule has 0 aromatic carbocycles. The fraction of sp³-hybridized carbons (Fsp3) is 0.818. The molecule has 7 heteroatoms. The monoisotopic (exact) mass is 273 g/mol. The Labute approximate surface area is 107 Å². The maximum absolute atomic E-state index is 11.7. The molecule has 2 heterocycles. The van der Waals surface area contributed by atoms with E-state index in [2.05, 4.69) is 15.5 Å². The van der Waals surface area contributed by atoms with Crippen molar-refractivity contribution in [1.82, 2.24) is 15.5 Å². The van der Waals surface area contributed by atoms with Crippen molar-refractivity contribution in [1.29, 1.82) is 0 Å². The van der Waals surface area contributed by atoms with Gasteiger partial charge in [0.05, 0.1) is 11.0 Å². The number of likely N-dealkylation sites (N-methyl/N-ethyl adjacent to an activating group) is 1. The molecule has 2 atom stereocenters. The average molecular weight is 273 g/mol. The second-order valence-electron chi connectivity index (χ2n) is 4.83. The Kier molecular flexibility index (Phi) is 4.01. The highest BCUT2D eigenvalue weighted by molar-refractivity contribution is 7.92. The zero-order valence-electron chi connectivity index (χ0n) is 10.7. The van der Waals surface area contributed by atoms with Gasteiger partial charge in [0.2, 0.25) is 5.89 Å². The van der Waals surface area contributed by atoms with Crippen molar-refractivity contribution in [2.24, 2.45) is 0 Å². The molecule has 0 radical (unpaired) electrons. The third-order valence-electron chi connectivity index (χ3n) is 3.36. The fourth-order valence-corrected chi connectivity index (χ4v) is 3.94. The SMILES string of the molecule is CNC(C)Cc1noc(CC2CCCS2(=O)=O)n1. The highest BCUT2D eigenvalue weighted by Gasteiger charge is 2.32. The summed E-state index contributed by atoms with van der Waals surface area (Å²) in [6.45, 7) is 2.03. The molecule has 1 aliphatic heterocycles. The van der Waals surface area contributed by atoms with Gasteiger partial charge in [-0.2, -0.15) is 4.98 Å². The molecular weight excluding hydrogens is 254 g/mol. The van der Waals surface area contributed by atoms with Crippen LogP contribution >= 0.6 is 0 Å². The third kappa shape index (κ3) is 3.08. The Hall–Kier alpha value is -0.950. The molecule has 2 rings (SSSR count). The first-order chi connectivity index (χ1) is 8.51.